The summed E-state index contributed by atoms with van der Waals surface area (Å²) >= 11 is 0. The number of nitrogens with one attached hydrogen (secondary N) is 1. The zero-order valence-corrected chi connectivity index (χ0v) is 13.5. The SMILES string of the molecule is CCNC(=O)CCc1ccc(OCCc2ccccc2)c(N)c1. The van der Waals surface area contributed by atoms with Gasteiger partial charge in [-0.1, -0.05) is 36.4 Å². The van der Waals surface area contributed by atoms with Crippen LogP contribution in [0.2, 0.25) is 0 Å². The van der Waals surface area contributed by atoms with Gasteiger partial charge in [-0.3, -0.25) is 4.79 Å². The van der Waals surface area contributed by atoms with Gasteiger partial charge in [0.15, 0.2) is 0 Å². The molecule has 0 saturated heterocycles. The van der Waals surface area contributed by atoms with E-state index in [1.165, 1.54) is 5.56 Å². The highest BCUT2D eigenvalue weighted by Gasteiger charge is 2.05. The van der Waals surface area contributed by atoms with Crippen molar-refractivity contribution in [1.82, 2.24) is 5.32 Å². The Hall–Kier alpha value is -2.49. The Morgan fingerprint density at radius 1 is 1.09 bits per heavy atom. The molecule has 2 aromatic carbocycles. The summed E-state index contributed by atoms with van der Waals surface area (Å²) in [7, 11) is 0. The Balaban J connectivity index is 1.83. The van der Waals surface area contributed by atoms with Crippen LogP contribution in [0.5, 0.6) is 5.75 Å². The van der Waals surface area contributed by atoms with E-state index in [1.807, 2.05) is 43.3 Å². The van der Waals surface area contributed by atoms with Gasteiger partial charge in [-0.05, 0) is 36.6 Å². The second kappa shape index (κ2) is 8.83. The number of aryl methyl sites for hydroxylation is 1. The van der Waals surface area contributed by atoms with Gasteiger partial charge in [0.1, 0.15) is 5.75 Å². The lowest BCUT2D eigenvalue weighted by Gasteiger charge is -2.10. The van der Waals surface area contributed by atoms with Crippen molar-refractivity contribution in [2.24, 2.45) is 0 Å². The maximum absolute atomic E-state index is 11.5. The van der Waals surface area contributed by atoms with E-state index in [0.717, 1.165) is 12.0 Å². The van der Waals surface area contributed by atoms with Gasteiger partial charge in [0.2, 0.25) is 5.91 Å². The molecule has 0 spiro atoms. The van der Waals surface area contributed by atoms with E-state index >= 15 is 0 Å². The number of hydrogen-bond donors (Lipinski definition) is 2. The molecule has 23 heavy (non-hydrogen) atoms. The highest BCUT2D eigenvalue weighted by molar-refractivity contribution is 5.76. The summed E-state index contributed by atoms with van der Waals surface area (Å²) in [4.78, 5) is 11.5. The monoisotopic (exact) mass is 312 g/mol. The summed E-state index contributed by atoms with van der Waals surface area (Å²) in [6, 6.07) is 15.9. The lowest BCUT2D eigenvalue weighted by molar-refractivity contribution is -0.120. The number of anilines is 1. The van der Waals surface area contributed by atoms with E-state index in [4.69, 9.17) is 10.5 Å². The van der Waals surface area contributed by atoms with Gasteiger partial charge >= 0.3 is 0 Å². The lowest BCUT2D eigenvalue weighted by Crippen LogP contribution is -2.22. The number of hydrogen-bond acceptors (Lipinski definition) is 3. The average molecular weight is 312 g/mol. The van der Waals surface area contributed by atoms with E-state index in [-0.39, 0.29) is 5.91 Å². The molecular weight excluding hydrogens is 288 g/mol. The largest absolute Gasteiger partial charge is 0.491 e. The number of benzene rings is 2. The molecule has 4 nitrogen and oxygen atoms in total. The molecule has 0 bridgehead atoms. The molecule has 3 N–H and O–H groups in total. The molecule has 0 fully saturated rings. The Morgan fingerprint density at radius 2 is 1.87 bits per heavy atom. The first-order valence-electron chi connectivity index (χ1n) is 8.01. The molecular formula is C19H24N2O2. The van der Waals surface area contributed by atoms with Crippen molar-refractivity contribution in [2.75, 3.05) is 18.9 Å². The predicted octanol–water partition coefficient (Wildman–Crippen LogP) is 2.96. The summed E-state index contributed by atoms with van der Waals surface area (Å²) in [5.41, 5.74) is 8.94. The van der Waals surface area contributed by atoms with Gasteiger partial charge in [0.25, 0.3) is 0 Å². The number of nitrogen functional groups attached to an aromatic ring is 1. The summed E-state index contributed by atoms with van der Waals surface area (Å²) in [6.45, 7) is 3.17. The highest BCUT2D eigenvalue weighted by atomic mass is 16.5. The maximum Gasteiger partial charge on any atom is 0.220 e. The first-order valence-corrected chi connectivity index (χ1v) is 8.01. The van der Waals surface area contributed by atoms with Crippen molar-refractivity contribution in [1.29, 1.82) is 0 Å². The van der Waals surface area contributed by atoms with Crippen LogP contribution < -0.4 is 15.8 Å². The van der Waals surface area contributed by atoms with Crippen LogP contribution in [0.15, 0.2) is 48.5 Å². The minimum atomic E-state index is 0.0641. The first-order chi connectivity index (χ1) is 11.2. The summed E-state index contributed by atoms with van der Waals surface area (Å²) in [5.74, 6) is 0.761. The fourth-order valence-corrected chi connectivity index (χ4v) is 2.35. The van der Waals surface area contributed by atoms with Crippen LogP contribution in [0.4, 0.5) is 5.69 Å². The molecule has 0 atom stereocenters. The van der Waals surface area contributed by atoms with Crippen molar-refractivity contribution in [3.05, 3.63) is 59.7 Å². The summed E-state index contributed by atoms with van der Waals surface area (Å²) < 4.78 is 5.76. The normalized spacial score (nSPS) is 10.3. The van der Waals surface area contributed by atoms with Crippen LogP contribution in [0, 0.1) is 0 Å². The van der Waals surface area contributed by atoms with Crippen molar-refractivity contribution in [3.8, 4) is 5.75 Å². The van der Waals surface area contributed by atoms with Gasteiger partial charge < -0.3 is 15.8 Å². The quantitative estimate of drug-likeness (QED) is 0.737. The van der Waals surface area contributed by atoms with E-state index in [9.17, 15) is 4.79 Å². The third kappa shape index (κ3) is 5.66. The minimum absolute atomic E-state index is 0.0641. The Bertz CT molecular complexity index is 627. The molecule has 0 heterocycles. The second-order valence-electron chi connectivity index (χ2n) is 5.41. The Morgan fingerprint density at radius 3 is 2.57 bits per heavy atom. The standard InChI is InChI=1S/C19H24N2O2/c1-2-21-19(22)11-9-16-8-10-18(17(20)14-16)23-13-12-15-6-4-3-5-7-15/h3-8,10,14H,2,9,11-13,20H2,1H3,(H,21,22). The zero-order chi connectivity index (χ0) is 16.5. The summed E-state index contributed by atoms with van der Waals surface area (Å²) in [5, 5.41) is 2.79. The highest BCUT2D eigenvalue weighted by Crippen LogP contribution is 2.23. The molecule has 0 radical (unpaired) electrons. The smallest absolute Gasteiger partial charge is 0.220 e. The van der Waals surface area contributed by atoms with Crippen molar-refractivity contribution >= 4 is 11.6 Å². The van der Waals surface area contributed by atoms with E-state index < -0.39 is 0 Å². The molecule has 0 aliphatic rings. The molecule has 1 amide bonds. The topological polar surface area (TPSA) is 64.3 Å². The molecule has 4 heteroatoms. The average Bonchev–Trinajstić information content (AvgIpc) is 2.56. The van der Waals surface area contributed by atoms with Crippen LogP contribution in [0.1, 0.15) is 24.5 Å². The van der Waals surface area contributed by atoms with Crippen LogP contribution in [-0.4, -0.2) is 19.1 Å². The fraction of sp³-hybridized carbons (Fsp3) is 0.316. The fourth-order valence-electron chi connectivity index (χ4n) is 2.35. The van der Waals surface area contributed by atoms with Gasteiger partial charge in [0, 0.05) is 19.4 Å². The molecule has 0 unspecified atom stereocenters. The van der Waals surface area contributed by atoms with E-state index in [1.54, 1.807) is 0 Å². The zero-order valence-electron chi connectivity index (χ0n) is 13.5. The molecule has 2 aromatic rings. The Kier molecular flexibility index (Phi) is 6.48. The van der Waals surface area contributed by atoms with E-state index in [2.05, 4.69) is 17.4 Å². The molecule has 0 saturated carbocycles. The number of amides is 1. The van der Waals surface area contributed by atoms with Gasteiger partial charge in [0.05, 0.1) is 12.3 Å². The van der Waals surface area contributed by atoms with Crippen LogP contribution in [0.25, 0.3) is 0 Å². The molecule has 2 rings (SSSR count). The molecule has 0 aliphatic carbocycles. The Labute approximate surface area is 137 Å². The molecule has 122 valence electrons. The van der Waals surface area contributed by atoms with E-state index in [0.29, 0.717) is 37.4 Å². The van der Waals surface area contributed by atoms with Crippen molar-refractivity contribution < 1.29 is 9.53 Å². The maximum atomic E-state index is 11.5. The lowest BCUT2D eigenvalue weighted by atomic mass is 10.1. The number of rotatable bonds is 8. The number of ether oxygens (including phenoxy) is 1. The number of nitrogens with two attached hydrogens (primary N) is 1. The molecule has 0 aromatic heterocycles. The number of carbonyl (C=O) groups is 1. The predicted molar refractivity (Wildman–Crippen MR) is 93.5 cm³/mol. The van der Waals surface area contributed by atoms with Crippen LogP contribution in [0.3, 0.4) is 0 Å². The van der Waals surface area contributed by atoms with Gasteiger partial charge in [-0.2, -0.15) is 0 Å². The third-order valence-electron chi connectivity index (χ3n) is 3.58. The third-order valence-corrected chi connectivity index (χ3v) is 3.58. The van der Waals surface area contributed by atoms with Crippen molar-refractivity contribution in [2.45, 2.75) is 26.2 Å². The minimum Gasteiger partial charge on any atom is -0.491 e. The van der Waals surface area contributed by atoms with Crippen LogP contribution >= 0.6 is 0 Å². The van der Waals surface area contributed by atoms with Crippen molar-refractivity contribution in [3.63, 3.8) is 0 Å². The number of carbonyl (C=O) groups excluding carboxylic acids is 1. The molecule has 0 aliphatic heterocycles. The first kappa shape index (κ1) is 16.9. The van der Waals surface area contributed by atoms with Gasteiger partial charge in [-0.15, -0.1) is 0 Å². The van der Waals surface area contributed by atoms with Crippen LogP contribution in [-0.2, 0) is 17.6 Å². The second-order valence-corrected chi connectivity index (χ2v) is 5.41. The summed E-state index contributed by atoms with van der Waals surface area (Å²) in [6.07, 6.45) is 2.00. The van der Waals surface area contributed by atoms with Gasteiger partial charge in [-0.25, -0.2) is 0 Å².